The molecule has 3 rings (SSSR count). The predicted molar refractivity (Wildman–Crippen MR) is 80.0 cm³/mol. The van der Waals surface area contributed by atoms with Gasteiger partial charge in [-0.05, 0) is 36.4 Å². The first kappa shape index (κ1) is 14.3. The maximum absolute atomic E-state index is 12.3. The van der Waals surface area contributed by atoms with Crippen molar-refractivity contribution in [2.45, 2.75) is 0 Å². The Kier molecular flexibility index (Phi) is 3.65. The molecule has 1 unspecified atom stereocenters. The van der Waals surface area contributed by atoms with E-state index in [1.807, 2.05) is 0 Å². The fourth-order valence-corrected chi connectivity index (χ4v) is 2.29. The van der Waals surface area contributed by atoms with Crippen LogP contribution in [-0.2, 0) is 9.59 Å². The van der Waals surface area contributed by atoms with Gasteiger partial charge in [-0.3, -0.25) is 14.4 Å². The predicted octanol–water partition coefficient (Wildman–Crippen LogP) is 2.70. The molecule has 1 atom stereocenters. The molecule has 0 saturated heterocycles. The van der Waals surface area contributed by atoms with E-state index in [0.29, 0.717) is 10.7 Å². The van der Waals surface area contributed by atoms with E-state index in [2.05, 4.69) is 5.32 Å². The number of amides is 1. The molecule has 0 radical (unpaired) electrons. The highest BCUT2D eigenvalue weighted by atomic mass is 35.5. The lowest BCUT2D eigenvalue weighted by atomic mass is 9.93. The number of esters is 1. The summed E-state index contributed by atoms with van der Waals surface area (Å²) in [6.45, 7) is 0. The first-order valence-electron chi connectivity index (χ1n) is 6.47. The summed E-state index contributed by atoms with van der Waals surface area (Å²) < 4.78 is 5.05. The van der Waals surface area contributed by atoms with Crippen molar-refractivity contribution in [2.24, 2.45) is 5.92 Å². The Bertz CT molecular complexity index is 770. The van der Waals surface area contributed by atoms with Crippen molar-refractivity contribution in [3.05, 3.63) is 59.1 Å². The summed E-state index contributed by atoms with van der Waals surface area (Å²) in [5.41, 5.74) is 0.659. The smallest absolute Gasteiger partial charge is 0.332 e. The highest BCUT2D eigenvalue weighted by Gasteiger charge is 2.41. The second-order valence-electron chi connectivity index (χ2n) is 4.71. The third-order valence-corrected chi connectivity index (χ3v) is 3.49. The van der Waals surface area contributed by atoms with Gasteiger partial charge in [0.1, 0.15) is 5.75 Å². The molecule has 1 heterocycles. The topological polar surface area (TPSA) is 72.5 Å². The fraction of sp³-hybridized carbons (Fsp3) is 0.0625. The van der Waals surface area contributed by atoms with Gasteiger partial charge >= 0.3 is 5.97 Å². The minimum atomic E-state index is -1.51. The Balaban J connectivity index is 1.85. The van der Waals surface area contributed by atoms with Gasteiger partial charge in [0.2, 0.25) is 5.91 Å². The molecule has 0 saturated carbocycles. The Morgan fingerprint density at radius 2 is 1.73 bits per heavy atom. The molecule has 0 fully saturated rings. The Hall–Kier alpha value is -2.66. The van der Waals surface area contributed by atoms with Gasteiger partial charge < -0.3 is 10.1 Å². The number of carbonyl (C=O) groups is 3. The van der Waals surface area contributed by atoms with E-state index < -0.39 is 23.6 Å². The molecule has 1 amide bonds. The third-order valence-electron chi connectivity index (χ3n) is 3.23. The Labute approximate surface area is 130 Å². The SMILES string of the molecule is O=C(Nc1ccc(Cl)cc1)C1C(=O)Oc2ccccc2C1=O. The van der Waals surface area contributed by atoms with Crippen LogP contribution in [0.2, 0.25) is 5.02 Å². The molecule has 1 N–H and O–H groups in total. The van der Waals surface area contributed by atoms with Crippen LogP contribution in [0.1, 0.15) is 10.4 Å². The summed E-state index contributed by atoms with van der Waals surface area (Å²) in [6.07, 6.45) is 0. The van der Waals surface area contributed by atoms with Gasteiger partial charge in [-0.1, -0.05) is 23.7 Å². The van der Waals surface area contributed by atoms with Gasteiger partial charge in [0.15, 0.2) is 11.7 Å². The number of para-hydroxylation sites is 1. The van der Waals surface area contributed by atoms with E-state index >= 15 is 0 Å². The molecule has 2 aromatic carbocycles. The molecule has 22 heavy (non-hydrogen) atoms. The van der Waals surface area contributed by atoms with Crippen molar-refractivity contribution < 1.29 is 19.1 Å². The van der Waals surface area contributed by atoms with Gasteiger partial charge in [-0.2, -0.15) is 0 Å². The van der Waals surface area contributed by atoms with Crippen LogP contribution in [0.15, 0.2) is 48.5 Å². The van der Waals surface area contributed by atoms with Gasteiger partial charge in [0.05, 0.1) is 5.56 Å². The average molecular weight is 316 g/mol. The molecular formula is C16H10ClNO4. The van der Waals surface area contributed by atoms with Gasteiger partial charge in [-0.25, -0.2) is 0 Å². The van der Waals surface area contributed by atoms with Crippen LogP contribution in [0.4, 0.5) is 5.69 Å². The lowest BCUT2D eigenvalue weighted by Crippen LogP contribution is -2.41. The molecule has 0 aliphatic carbocycles. The monoisotopic (exact) mass is 315 g/mol. The number of hydrogen-bond donors (Lipinski definition) is 1. The van der Waals surface area contributed by atoms with Gasteiger partial charge in [0.25, 0.3) is 0 Å². The van der Waals surface area contributed by atoms with E-state index in [-0.39, 0.29) is 11.3 Å². The van der Waals surface area contributed by atoms with Crippen LogP contribution < -0.4 is 10.1 Å². The number of anilines is 1. The molecule has 0 bridgehead atoms. The zero-order valence-corrected chi connectivity index (χ0v) is 12.0. The van der Waals surface area contributed by atoms with Crippen LogP contribution in [0.5, 0.6) is 5.75 Å². The number of ether oxygens (including phenoxy) is 1. The molecule has 6 heteroatoms. The van der Waals surface area contributed by atoms with Crippen molar-refractivity contribution in [1.82, 2.24) is 0 Å². The lowest BCUT2D eigenvalue weighted by Gasteiger charge is -2.21. The quantitative estimate of drug-likeness (QED) is 0.525. The summed E-state index contributed by atoms with van der Waals surface area (Å²) in [5.74, 6) is -3.51. The van der Waals surface area contributed by atoms with E-state index in [9.17, 15) is 14.4 Å². The largest absolute Gasteiger partial charge is 0.425 e. The van der Waals surface area contributed by atoms with E-state index in [0.717, 1.165) is 0 Å². The number of fused-ring (bicyclic) bond motifs is 1. The summed E-state index contributed by atoms with van der Waals surface area (Å²) in [7, 11) is 0. The normalized spacial score (nSPS) is 16.7. The van der Waals surface area contributed by atoms with E-state index in [4.69, 9.17) is 16.3 Å². The number of halogens is 1. The number of carbonyl (C=O) groups excluding carboxylic acids is 3. The number of ketones is 1. The summed E-state index contributed by atoms with van der Waals surface area (Å²) >= 11 is 5.76. The second-order valence-corrected chi connectivity index (χ2v) is 5.15. The molecule has 0 spiro atoms. The first-order valence-corrected chi connectivity index (χ1v) is 6.85. The highest BCUT2D eigenvalue weighted by Crippen LogP contribution is 2.28. The Morgan fingerprint density at radius 1 is 1.05 bits per heavy atom. The zero-order valence-electron chi connectivity index (χ0n) is 11.2. The van der Waals surface area contributed by atoms with Crippen molar-refractivity contribution >= 4 is 34.9 Å². The molecule has 0 aromatic heterocycles. The molecule has 5 nitrogen and oxygen atoms in total. The molecule has 1 aliphatic rings. The minimum Gasteiger partial charge on any atom is -0.425 e. The van der Waals surface area contributed by atoms with Gasteiger partial charge in [-0.15, -0.1) is 0 Å². The van der Waals surface area contributed by atoms with Crippen molar-refractivity contribution in [3.63, 3.8) is 0 Å². The third kappa shape index (κ3) is 2.58. The number of nitrogens with one attached hydrogen (secondary N) is 1. The van der Waals surface area contributed by atoms with Crippen molar-refractivity contribution in [3.8, 4) is 5.75 Å². The van der Waals surface area contributed by atoms with Crippen LogP contribution in [0, 0.1) is 5.92 Å². The summed E-state index contributed by atoms with van der Waals surface area (Å²) in [6, 6.07) is 12.7. The molecule has 110 valence electrons. The van der Waals surface area contributed by atoms with Crippen LogP contribution in [0.25, 0.3) is 0 Å². The number of benzene rings is 2. The number of Topliss-reactive ketones (excluding diaryl/α,β-unsaturated/α-hetero) is 1. The zero-order chi connectivity index (χ0) is 15.7. The summed E-state index contributed by atoms with van der Waals surface area (Å²) in [5, 5.41) is 3.03. The average Bonchev–Trinajstić information content (AvgIpc) is 2.49. The standard InChI is InChI=1S/C16H10ClNO4/c17-9-5-7-10(8-6-9)18-15(20)13-14(19)11-3-1-2-4-12(11)22-16(13)21/h1-8,13H,(H,18,20). The van der Waals surface area contributed by atoms with Crippen molar-refractivity contribution in [1.29, 1.82) is 0 Å². The van der Waals surface area contributed by atoms with E-state index in [1.54, 1.807) is 36.4 Å². The lowest BCUT2D eigenvalue weighted by molar-refractivity contribution is -0.141. The minimum absolute atomic E-state index is 0.174. The summed E-state index contributed by atoms with van der Waals surface area (Å²) in [4.78, 5) is 36.5. The van der Waals surface area contributed by atoms with Crippen LogP contribution in [-0.4, -0.2) is 17.7 Å². The van der Waals surface area contributed by atoms with E-state index in [1.165, 1.54) is 12.1 Å². The maximum atomic E-state index is 12.3. The molecule has 1 aliphatic heterocycles. The number of rotatable bonds is 2. The second kappa shape index (κ2) is 5.61. The van der Waals surface area contributed by atoms with Crippen molar-refractivity contribution in [2.75, 3.05) is 5.32 Å². The maximum Gasteiger partial charge on any atom is 0.332 e. The van der Waals surface area contributed by atoms with Crippen LogP contribution in [0.3, 0.4) is 0 Å². The Morgan fingerprint density at radius 3 is 2.45 bits per heavy atom. The molecular weight excluding hydrogens is 306 g/mol. The fourth-order valence-electron chi connectivity index (χ4n) is 2.16. The highest BCUT2D eigenvalue weighted by molar-refractivity contribution is 6.30. The number of hydrogen-bond acceptors (Lipinski definition) is 4. The van der Waals surface area contributed by atoms with Crippen LogP contribution >= 0.6 is 11.6 Å². The first-order chi connectivity index (χ1) is 10.6. The molecule has 2 aromatic rings. The van der Waals surface area contributed by atoms with Gasteiger partial charge in [0, 0.05) is 10.7 Å².